The van der Waals surface area contributed by atoms with Crippen molar-refractivity contribution in [2.45, 2.75) is 13.3 Å². The number of fused-ring (bicyclic) bond motifs is 1. The highest BCUT2D eigenvalue weighted by Gasteiger charge is 2.14. The number of nitrogens with zero attached hydrogens (tertiary/aromatic N) is 1. The Morgan fingerprint density at radius 1 is 1.19 bits per heavy atom. The second kappa shape index (κ2) is 7.39. The van der Waals surface area contributed by atoms with E-state index in [1.807, 2.05) is 19.1 Å². The second-order valence-corrected chi connectivity index (χ2v) is 6.02. The average Bonchev–Trinajstić information content (AvgIpc) is 2.64. The van der Waals surface area contributed by atoms with Crippen LogP contribution in [0.3, 0.4) is 0 Å². The second-order valence-electron chi connectivity index (χ2n) is 6.02. The molecule has 5 nitrogen and oxygen atoms in total. The van der Waals surface area contributed by atoms with Gasteiger partial charge in [-0.1, -0.05) is 12.1 Å². The summed E-state index contributed by atoms with van der Waals surface area (Å²) in [5.74, 6) is 0.415. The lowest BCUT2D eigenvalue weighted by Crippen LogP contribution is -2.24. The number of halogens is 1. The van der Waals surface area contributed by atoms with Gasteiger partial charge in [-0.3, -0.25) is 4.98 Å². The molecule has 0 atom stereocenters. The van der Waals surface area contributed by atoms with Crippen molar-refractivity contribution in [3.8, 4) is 5.75 Å². The maximum Gasteiger partial charge on any atom is 0.318 e. The third-order valence-electron chi connectivity index (χ3n) is 4.17. The number of benzene rings is 2. The first-order chi connectivity index (χ1) is 12.5. The van der Waals surface area contributed by atoms with Crippen LogP contribution in [0.1, 0.15) is 16.7 Å². The van der Waals surface area contributed by atoms with Gasteiger partial charge >= 0.3 is 6.03 Å². The summed E-state index contributed by atoms with van der Waals surface area (Å²) in [6, 6.07) is 9.90. The summed E-state index contributed by atoms with van der Waals surface area (Å²) >= 11 is 0. The van der Waals surface area contributed by atoms with Gasteiger partial charge in [0.05, 0.1) is 12.8 Å². The number of aromatic nitrogens is 1. The van der Waals surface area contributed by atoms with Gasteiger partial charge < -0.3 is 15.4 Å². The Morgan fingerprint density at radius 3 is 2.58 bits per heavy atom. The number of anilines is 1. The molecule has 2 aromatic carbocycles. The molecule has 0 saturated heterocycles. The molecule has 0 radical (unpaired) electrons. The molecule has 0 spiro atoms. The lowest BCUT2D eigenvalue weighted by molar-refractivity contribution is 0.254. The van der Waals surface area contributed by atoms with Crippen LogP contribution in [0.2, 0.25) is 0 Å². The van der Waals surface area contributed by atoms with Crippen molar-refractivity contribution in [3.63, 3.8) is 0 Å². The SMILES string of the molecule is CNC(=O)Nc1cc(C)c(OC)c2ncc(Cc3ccc(F)cc3)cc12. The summed E-state index contributed by atoms with van der Waals surface area (Å²) in [5.41, 5.74) is 4.15. The van der Waals surface area contributed by atoms with E-state index < -0.39 is 0 Å². The van der Waals surface area contributed by atoms with Crippen LogP contribution in [0.5, 0.6) is 5.75 Å². The van der Waals surface area contributed by atoms with Crippen LogP contribution >= 0.6 is 0 Å². The minimum Gasteiger partial charge on any atom is -0.494 e. The summed E-state index contributed by atoms with van der Waals surface area (Å²) in [6.07, 6.45) is 2.39. The van der Waals surface area contributed by atoms with Crippen molar-refractivity contribution in [2.75, 3.05) is 19.5 Å². The Morgan fingerprint density at radius 2 is 1.92 bits per heavy atom. The number of methoxy groups -OCH3 is 1. The van der Waals surface area contributed by atoms with Crippen LogP contribution in [0.15, 0.2) is 42.6 Å². The lowest BCUT2D eigenvalue weighted by Gasteiger charge is -2.14. The summed E-state index contributed by atoms with van der Waals surface area (Å²) in [4.78, 5) is 16.3. The van der Waals surface area contributed by atoms with Crippen LogP contribution in [-0.4, -0.2) is 25.2 Å². The van der Waals surface area contributed by atoms with E-state index in [9.17, 15) is 9.18 Å². The third-order valence-corrected chi connectivity index (χ3v) is 4.17. The molecule has 0 saturated carbocycles. The van der Waals surface area contributed by atoms with Crippen molar-refractivity contribution >= 4 is 22.6 Å². The predicted octanol–water partition coefficient (Wildman–Crippen LogP) is 4.03. The fourth-order valence-corrected chi connectivity index (χ4v) is 2.92. The lowest BCUT2D eigenvalue weighted by atomic mass is 10.0. The standard InChI is InChI=1S/C20H20FN3O2/c1-12-8-17(24-20(25)22-2)16-10-14(11-23-18(16)19(12)26-3)9-13-4-6-15(21)7-5-13/h4-8,10-11H,9H2,1-3H3,(H2,22,24,25). The van der Waals surface area contributed by atoms with Gasteiger partial charge in [-0.25, -0.2) is 9.18 Å². The van der Waals surface area contributed by atoms with Crippen LogP contribution in [0.4, 0.5) is 14.9 Å². The summed E-state index contributed by atoms with van der Waals surface area (Å²) in [5, 5.41) is 6.17. The van der Waals surface area contributed by atoms with Crippen molar-refractivity contribution in [1.82, 2.24) is 10.3 Å². The first-order valence-electron chi connectivity index (χ1n) is 8.21. The third kappa shape index (κ3) is 3.59. The number of hydrogen-bond acceptors (Lipinski definition) is 3. The van der Waals surface area contributed by atoms with Gasteiger partial charge in [0.25, 0.3) is 0 Å². The number of pyridine rings is 1. The number of hydrogen-bond donors (Lipinski definition) is 2. The maximum atomic E-state index is 13.1. The Hall–Kier alpha value is -3.15. The largest absolute Gasteiger partial charge is 0.494 e. The molecule has 134 valence electrons. The number of carbonyl (C=O) groups is 1. The van der Waals surface area contributed by atoms with Gasteiger partial charge in [-0.15, -0.1) is 0 Å². The number of carbonyl (C=O) groups excluding carboxylic acids is 1. The quantitative estimate of drug-likeness (QED) is 0.744. The Bertz CT molecular complexity index is 955. The number of amides is 2. The number of rotatable bonds is 4. The van der Waals surface area contributed by atoms with E-state index in [4.69, 9.17) is 4.74 Å². The summed E-state index contributed by atoms with van der Waals surface area (Å²) < 4.78 is 18.6. The molecule has 0 fully saturated rings. The molecule has 2 amide bonds. The van der Waals surface area contributed by atoms with E-state index in [-0.39, 0.29) is 11.8 Å². The van der Waals surface area contributed by atoms with Gasteiger partial charge in [-0.2, -0.15) is 0 Å². The molecule has 6 heteroatoms. The minimum absolute atomic E-state index is 0.261. The minimum atomic E-state index is -0.306. The van der Waals surface area contributed by atoms with Gasteiger partial charge in [0.1, 0.15) is 17.1 Å². The van der Waals surface area contributed by atoms with E-state index >= 15 is 0 Å². The number of urea groups is 1. The molecule has 3 rings (SSSR count). The summed E-state index contributed by atoms with van der Waals surface area (Å²) in [7, 11) is 3.16. The van der Waals surface area contributed by atoms with E-state index in [1.54, 1.807) is 32.5 Å². The first kappa shape index (κ1) is 17.7. The van der Waals surface area contributed by atoms with Crippen LogP contribution < -0.4 is 15.4 Å². The zero-order valence-corrected chi connectivity index (χ0v) is 14.9. The molecule has 0 aliphatic carbocycles. The van der Waals surface area contributed by atoms with Crippen LogP contribution in [0, 0.1) is 12.7 Å². The molecule has 3 aromatic rings. The van der Waals surface area contributed by atoms with Gasteiger partial charge in [0.15, 0.2) is 0 Å². The highest BCUT2D eigenvalue weighted by atomic mass is 19.1. The molecule has 0 aliphatic rings. The van der Waals surface area contributed by atoms with E-state index in [0.29, 0.717) is 23.4 Å². The molecular weight excluding hydrogens is 333 g/mol. The number of aryl methyl sites for hydroxylation is 1. The zero-order valence-electron chi connectivity index (χ0n) is 14.9. The molecule has 1 heterocycles. The molecule has 0 unspecified atom stereocenters. The monoisotopic (exact) mass is 353 g/mol. The number of nitrogens with one attached hydrogen (secondary N) is 2. The molecule has 2 N–H and O–H groups in total. The van der Waals surface area contributed by atoms with Gasteiger partial charge in [-0.05, 0) is 54.3 Å². The smallest absolute Gasteiger partial charge is 0.318 e. The molecule has 1 aromatic heterocycles. The van der Waals surface area contributed by atoms with Crippen LogP contribution in [0.25, 0.3) is 10.9 Å². The highest BCUT2D eigenvalue weighted by Crippen LogP contribution is 2.34. The molecule has 0 aliphatic heterocycles. The van der Waals surface area contributed by atoms with Gasteiger partial charge in [0.2, 0.25) is 0 Å². The Labute approximate surface area is 151 Å². The highest BCUT2D eigenvalue weighted by molar-refractivity contribution is 6.03. The Kier molecular flexibility index (Phi) is 5.02. The van der Waals surface area contributed by atoms with Crippen molar-refractivity contribution in [3.05, 3.63) is 65.1 Å². The normalized spacial score (nSPS) is 10.6. The maximum absolute atomic E-state index is 13.1. The zero-order chi connectivity index (χ0) is 18.7. The van der Waals surface area contributed by atoms with Crippen molar-refractivity contribution in [1.29, 1.82) is 0 Å². The number of ether oxygens (including phenoxy) is 1. The van der Waals surface area contributed by atoms with E-state index in [1.165, 1.54) is 12.1 Å². The predicted molar refractivity (Wildman–Crippen MR) is 100 cm³/mol. The van der Waals surface area contributed by atoms with Crippen LogP contribution in [-0.2, 0) is 6.42 Å². The van der Waals surface area contributed by atoms with E-state index in [2.05, 4.69) is 15.6 Å². The van der Waals surface area contributed by atoms with Gasteiger partial charge in [0, 0.05) is 18.6 Å². The molecule has 0 bridgehead atoms. The molecular formula is C20H20FN3O2. The Balaban J connectivity index is 2.07. The fourth-order valence-electron chi connectivity index (χ4n) is 2.92. The summed E-state index contributed by atoms with van der Waals surface area (Å²) in [6.45, 7) is 1.90. The molecule has 26 heavy (non-hydrogen) atoms. The first-order valence-corrected chi connectivity index (χ1v) is 8.21. The average molecular weight is 353 g/mol. The van der Waals surface area contributed by atoms with Crippen molar-refractivity contribution < 1.29 is 13.9 Å². The fraction of sp³-hybridized carbons (Fsp3) is 0.200. The van der Waals surface area contributed by atoms with Crippen molar-refractivity contribution in [2.24, 2.45) is 0 Å². The topological polar surface area (TPSA) is 63.2 Å². The van der Waals surface area contributed by atoms with E-state index in [0.717, 1.165) is 22.1 Å².